The van der Waals surface area contributed by atoms with E-state index in [4.69, 9.17) is 0 Å². The molecule has 2 amide bonds. The van der Waals surface area contributed by atoms with Crippen molar-refractivity contribution >= 4 is 11.8 Å². The Morgan fingerprint density at radius 1 is 0.806 bits per heavy atom. The topological polar surface area (TPSA) is 58.2 Å². The van der Waals surface area contributed by atoms with Gasteiger partial charge in [0.15, 0.2) is 0 Å². The van der Waals surface area contributed by atoms with E-state index in [2.05, 4.69) is 35.8 Å². The molecule has 1 aromatic rings. The molecule has 0 radical (unpaired) electrons. The van der Waals surface area contributed by atoms with Gasteiger partial charge in [0.05, 0.1) is 6.04 Å². The van der Waals surface area contributed by atoms with E-state index in [0.29, 0.717) is 0 Å². The van der Waals surface area contributed by atoms with Crippen molar-refractivity contribution in [3.8, 4) is 0 Å². The van der Waals surface area contributed by atoms with Gasteiger partial charge in [0.2, 0.25) is 0 Å². The molecule has 0 saturated heterocycles. The zero-order valence-corrected chi connectivity index (χ0v) is 19.5. The summed E-state index contributed by atoms with van der Waals surface area (Å²) in [5, 5.41) is 6.05. The van der Waals surface area contributed by atoms with Crippen LogP contribution in [0.5, 0.6) is 0 Å². The highest BCUT2D eigenvalue weighted by atomic mass is 16.2. The first-order chi connectivity index (χ1) is 15.2. The van der Waals surface area contributed by atoms with Crippen LogP contribution in [0, 0.1) is 0 Å². The lowest BCUT2D eigenvalue weighted by Crippen LogP contribution is -2.45. The van der Waals surface area contributed by atoms with Crippen molar-refractivity contribution in [3.05, 3.63) is 34.9 Å². The summed E-state index contributed by atoms with van der Waals surface area (Å²) in [6, 6.07) is 6.60. The van der Waals surface area contributed by atoms with Gasteiger partial charge in [0.25, 0.3) is 0 Å². The third kappa shape index (κ3) is 7.66. The Labute approximate surface area is 189 Å². The molecule has 0 aliphatic heterocycles. The van der Waals surface area contributed by atoms with E-state index in [0.717, 1.165) is 50.5 Å². The lowest BCUT2D eigenvalue weighted by molar-refractivity contribution is -0.140. The zero-order chi connectivity index (χ0) is 21.9. The van der Waals surface area contributed by atoms with Gasteiger partial charge in [-0.3, -0.25) is 9.59 Å². The number of hydrogen-bond donors (Lipinski definition) is 2. The molecule has 2 N–H and O–H groups in total. The van der Waals surface area contributed by atoms with Crippen molar-refractivity contribution < 1.29 is 9.59 Å². The number of fused-ring (bicyclic) bond motifs is 1. The molecule has 1 aromatic carbocycles. The Morgan fingerprint density at radius 2 is 1.39 bits per heavy atom. The fourth-order valence-corrected chi connectivity index (χ4v) is 5.17. The molecule has 2 aliphatic carbocycles. The molecular weight excluding hydrogens is 384 g/mol. The third-order valence-electron chi connectivity index (χ3n) is 7.14. The Morgan fingerprint density at radius 3 is 2.00 bits per heavy atom. The van der Waals surface area contributed by atoms with Gasteiger partial charge >= 0.3 is 11.8 Å². The van der Waals surface area contributed by atoms with Crippen LogP contribution in [-0.2, 0) is 22.4 Å². The summed E-state index contributed by atoms with van der Waals surface area (Å²) < 4.78 is 0. The largest absolute Gasteiger partial charge is 0.345 e. The smallest absolute Gasteiger partial charge is 0.309 e. The molecule has 2 aliphatic rings. The number of amides is 2. The van der Waals surface area contributed by atoms with E-state index in [1.165, 1.54) is 68.9 Å². The first kappa shape index (κ1) is 23.8. The molecule has 4 nitrogen and oxygen atoms in total. The minimum atomic E-state index is -0.490. The maximum Gasteiger partial charge on any atom is 0.309 e. The summed E-state index contributed by atoms with van der Waals surface area (Å²) in [6.45, 7) is 2.06. The van der Waals surface area contributed by atoms with Crippen molar-refractivity contribution in [2.45, 2.75) is 122 Å². The lowest BCUT2D eigenvalue weighted by Gasteiger charge is -2.23. The number of carbonyl (C=O) groups excluding carboxylic acids is 2. The average Bonchev–Trinajstić information content (AvgIpc) is 2.78. The monoisotopic (exact) mass is 426 g/mol. The number of benzene rings is 1. The fourth-order valence-electron chi connectivity index (χ4n) is 5.17. The summed E-state index contributed by atoms with van der Waals surface area (Å²) in [5.74, 6) is -0.954. The molecule has 172 valence electrons. The van der Waals surface area contributed by atoms with Gasteiger partial charge in [0.1, 0.15) is 0 Å². The summed E-state index contributed by atoms with van der Waals surface area (Å²) >= 11 is 0. The second-order valence-corrected chi connectivity index (χ2v) is 9.60. The quantitative estimate of drug-likeness (QED) is 0.587. The van der Waals surface area contributed by atoms with E-state index in [1.54, 1.807) is 0 Å². The van der Waals surface area contributed by atoms with E-state index in [-0.39, 0.29) is 12.1 Å². The van der Waals surface area contributed by atoms with E-state index in [1.807, 2.05) is 0 Å². The van der Waals surface area contributed by atoms with Gasteiger partial charge in [-0.25, -0.2) is 0 Å². The predicted octanol–water partition coefficient (Wildman–Crippen LogP) is 5.92. The zero-order valence-electron chi connectivity index (χ0n) is 19.5. The highest BCUT2D eigenvalue weighted by molar-refractivity contribution is 6.35. The third-order valence-corrected chi connectivity index (χ3v) is 7.14. The van der Waals surface area contributed by atoms with Crippen molar-refractivity contribution in [3.63, 3.8) is 0 Å². The Balaban J connectivity index is 1.54. The standard InChI is InChI=1S/C27H42N2O2/c1-2-25(23-19-18-21-14-12-13-15-22(21)20-23)29-27(31)26(30)28-24-16-10-8-6-4-3-5-7-9-11-17-24/h18-20,24-25H,2-17H2,1H3,(H,28,30)(H,29,31). The van der Waals surface area contributed by atoms with Crippen LogP contribution in [0.2, 0.25) is 0 Å². The summed E-state index contributed by atoms with van der Waals surface area (Å²) in [6.07, 6.45) is 18.9. The molecule has 1 saturated carbocycles. The van der Waals surface area contributed by atoms with Crippen molar-refractivity contribution in [1.29, 1.82) is 0 Å². The van der Waals surface area contributed by atoms with Crippen LogP contribution < -0.4 is 10.6 Å². The van der Waals surface area contributed by atoms with Gasteiger partial charge in [-0.15, -0.1) is 0 Å². The Kier molecular flexibility index (Phi) is 9.89. The molecule has 3 rings (SSSR count). The van der Waals surface area contributed by atoms with Crippen molar-refractivity contribution in [1.82, 2.24) is 10.6 Å². The molecule has 0 heterocycles. The minimum absolute atomic E-state index is 0.109. The Hall–Kier alpha value is -1.84. The highest BCUT2D eigenvalue weighted by Crippen LogP contribution is 2.26. The van der Waals surface area contributed by atoms with Gasteiger partial charge in [0, 0.05) is 6.04 Å². The first-order valence-corrected chi connectivity index (χ1v) is 12.9. The fraction of sp³-hybridized carbons (Fsp3) is 0.704. The molecule has 0 bridgehead atoms. The van der Waals surface area contributed by atoms with Crippen LogP contribution in [0.4, 0.5) is 0 Å². The molecule has 1 atom stereocenters. The number of carbonyl (C=O) groups is 2. The summed E-state index contributed by atoms with van der Waals surface area (Å²) in [5.41, 5.74) is 3.97. The van der Waals surface area contributed by atoms with Crippen LogP contribution in [-0.4, -0.2) is 17.9 Å². The first-order valence-electron chi connectivity index (χ1n) is 12.9. The van der Waals surface area contributed by atoms with Crippen LogP contribution in [0.3, 0.4) is 0 Å². The van der Waals surface area contributed by atoms with Crippen LogP contribution >= 0.6 is 0 Å². The second kappa shape index (κ2) is 12.9. The van der Waals surface area contributed by atoms with E-state index >= 15 is 0 Å². The van der Waals surface area contributed by atoms with E-state index < -0.39 is 11.8 Å². The molecular formula is C27H42N2O2. The SMILES string of the molecule is CCC(NC(=O)C(=O)NC1CCCCCCCCCCC1)c1ccc2c(c1)CCCC2. The van der Waals surface area contributed by atoms with Crippen molar-refractivity contribution in [2.24, 2.45) is 0 Å². The molecule has 0 spiro atoms. The Bertz CT molecular complexity index is 703. The molecule has 4 heteroatoms. The van der Waals surface area contributed by atoms with Crippen LogP contribution in [0.25, 0.3) is 0 Å². The van der Waals surface area contributed by atoms with Crippen LogP contribution in [0.15, 0.2) is 18.2 Å². The van der Waals surface area contributed by atoms with E-state index in [9.17, 15) is 9.59 Å². The maximum atomic E-state index is 12.7. The van der Waals surface area contributed by atoms with Crippen LogP contribution in [0.1, 0.15) is 120 Å². The highest BCUT2D eigenvalue weighted by Gasteiger charge is 2.22. The number of hydrogen-bond acceptors (Lipinski definition) is 2. The lowest BCUT2D eigenvalue weighted by atomic mass is 9.89. The maximum absolute atomic E-state index is 12.7. The second-order valence-electron chi connectivity index (χ2n) is 9.60. The predicted molar refractivity (Wildman–Crippen MR) is 127 cm³/mol. The summed E-state index contributed by atoms with van der Waals surface area (Å²) in [4.78, 5) is 25.4. The average molecular weight is 427 g/mol. The number of nitrogens with one attached hydrogen (secondary N) is 2. The number of aryl methyl sites for hydroxylation is 2. The normalized spacial score (nSPS) is 19.9. The van der Waals surface area contributed by atoms with Gasteiger partial charge < -0.3 is 10.6 Å². The molecule has 0 aromatic heterocycles. The summed E-state index contributed by atoms with van der Waals surface area (Å²) in [7, 11) is 0. The number of rotatable bonds is 4. The van der Waals surface area contributed by atoms with Gasteiger partial charge in [-0.05, 0) is 61.6 Å². The minimum Gasteiger partial charge on any atom is -0.345 e. The van der Waals surface area contributed by atoms with Gasteiger partial charge in [-0.1, -0.05) is 82.9 Å². The molecule has 1 unspecified atom stereocenters. The van der Waals surface area contributed by atoms with Gasteiger partial charge in [-0.2, -0.15) is 0 Å². The van der Waals surface area contributed by atoms with Crippen molar-refractivity contribution in [2.75, 3.05) is 0 Å². The molecule has 31 heavy (non-hydrogen) atoms. The molecule has 1 fully saturated rings.